The zero-order valence-electron chi connectivity index (χ0n) is 15.9. The van der Waals surface area contributed by atoms with Crippen molar-refractivity contribution in [3.8, 4) is 0 Å². The molecule has 0 saturated carbocycles. The van der Waals surface area contributed by atoms with Crippen molar-refractivity contribution < 1.29 is 19.0 Å². The molecule has 0 atom stereocenters. The molecule has 0 aliphatic carbocycles. The van der Waals surface area contributed by atoms with Gasteiger partial charge in [-0.15, -0.1) is 6.58 Å². The maximum Gasteiger partial charge on any atom is 0.293 e. The third kappa shape index (κ3) is 15.9. The summed E-state index contributed by atoms with van der Waals surface area (Å²) in [5, 5.41) is 0. The number of ether oxygens (including phenoxy) is 3. The Morgan fingerprint density at radius 3 is 1.96 bits per heavy atom. The van der Waals surface area contributed by atoms with E-state index in [-0.39, 0.29) is 13.2 Å². The van der Waals surface area contributed by atoms with Crippen LogP contribution in [0, 0.1) is 0 Å². The van der Waals surface area contributed by atoms with Crippen LogP contribution >= 0.6 is 0 Å². The normalized spacial score (nSPS) is 10.2. The molecular formula is C21H30O4. The highest BCUT2D eigenvalue weighted by molar-refractivity contribution is 5.48. The minimum atomic E-state index is 0.141. The molecule has 0 spiro atoms. The van der Waals surface area contributed by atoms with E-state index in [9.17, 15) is 4.79 Å². The third-order valence-corrected chi connectivity index (χ3v) is 2.34. The fourth-order valence-electron chi connectivity index (χ4n) is 1.17. The van der Waals surface area contributed by atoms with Crippen molar-refractivity contribution in [2.24, 2.45) is 0 Å². The molecule has 0 rings (SSSR count). The molecule has 0 fully saturated rings. The van der Waals surface area contributed by atoms with Gasteiger partial charge in [-0.3, -0.25) is 4.79 Å². The second kappa shape index (κ2) is 14.8. The lowest BCUT2D eigenvalue weighted by atomic mass is 10.1. The van der Waals surface area contributed by atoms with Gasteiger partial charge >= 0.3 is 0 Å². The predicted octanol–water partition coefficient (Wildman–Crippen LogP) is 5.05. The van der Waals surface area contributed by atoms with Crippen LogP contribution in [-0.4, -0.2) is 26.8 Å². The van der Waals surface area contributed by atoms with Gasteiger partial charge in [0.1, 0.15) is 24.7 Å². The molecule has 0 amide bonds. The van der Waals surface area contributed by atoms with Crippen molar-refractivity contribution in [2.75, 3.05) is 20.3 Å². The van der Waals surface area contributed by atoms with Crippen molar-refractivity contribution in [1.29, 1.82) is 0 Å². The van der Waals surface area contributed by atoms with E-state index in [1.54, 1.807) is 12.2 Å². The molecule has 0 N–H and O–H groups in total. The molecule has 4 nitrogen and oxygen atoms in total. The van der Waals surface area contributed by atoms with Crippen LogP contribution < -0.4 is 0 Å². The highest BCUT2D eigenvalue weighted by Crippen LogP contribution is 2.20. The molecule has 0 unspecified atom stereocenters. The quantitative estimate of drug-likeness (QED) is 0.173. The Bertz CT molecular complexity index is 558. The van der Waals surface area contributed by atoms with Crippen LogP contribution in [0.2, 0.25) is 0 Å². The molecule has 0 aliphatic heterocycles. The average molecular weight is 346 g/mol. The van der Waals surface area contributed by atoms with Gasteiger partial charge in [-0.25, -0.2) is 0 Å². The number of allylic oxidation sites excluding steroid dienone is 6. The Morgan fingerprint density at radius 1 is 0.960 bits per heavy atom. The van der Waals surface area contributed by atoms with Crippen LogP contribution in [0.5, 0.6) is 0 Å². The van der Waals surface area contributed by atoms with Crippen LogP contribution in [0.25, 0.3) is 0 Å². The number of hydrogen-bond acceptors (Lipinski definition) is 4. The number of methoxy groups -OCH3 is 1. The molecule has 0 aliphatic rings. The molecular weight excluding hydrogens is 316 g/mol. The molecule has 4 heteroatoms. The zero-order valence-corrected chi connectivity index (χ0v) is 15.9. The van der Waals surface area contributed by atoms with E-state index in [4.69, 9.17) is 9.47 Å². The van der Waals surface area contributed by atoms with Crippen LogP contribution in [0.4, 0.5) is 0 Å². The van der Waals surface area contributed by atoms with Gasteiger partial charge in [0, 0.05) is 11.6 Å². The largest absolute Gasteiger partial charge is 0.497 e. The van der Waals surface area contributed by atoms with Crippen molar-refractivity contribution in [1.82, 2.24) is 0 Å². The van der Waals surface area contributed by atoms with Gasteiger partial charge in [-0.2, -0.15) is 0 Å². The maximum atomic E-state index is 10.1. The van der Waals surface area contributed by atoms with Crippen LogP contribution in [0.15, 0.2) is 84.9 Å². The maximum absolute atomic E-state index is 10.1. The van der Waals surface area contributed by atoms with Crippen molar-refractivity contribution in [2.45, 2.75) is 20.8 Å². The summed E-state index contributed by atoms with van der Waals surface area (Å²) in [6.07, 6.45) is 5.22. The van der Waals surface area contributed by atoms with Gasteiger partial charge < -0.3 is 14.2 Å². The molecule has 0 aromatic rings. The van der Waals surface area contributed by atoms with Crippen molar-refractivity contribution in [3.05, 3.63) is 84.9 Å². The van der Waals surface area contributed by atoms with Crippen molar-refractivity contribution in [3.63, 3.8) is 0 Å². The monoisotopic (exact) mass is 346 g/mol. The lowest BCUT2D eigenvalue weighted by molar-refractivity contribution is -0.129. The van der Waals surface area contributed by atoms with E-state index in [2.05, 4.69) is 37.6 Å². The Labute approximate surface area is 152 Å². The van der Waals surface area contributed by atoms with Crippen LogP contribution in [0.1, 0.15) is 20.8 Å². The van der Waals surface area contributed by atoms with E-state index in [0.29, 0.717) is 29.1 Å². The van der Waals surface area contributed by atoms with Crippen molar-refractivity contribution >= 4 is 6.47 Å². The molecule has 138 valence electrons. The van der Waals surface area contributed by atoms with E-state index in [0.717, 1.165) is 5.57 Å². The summed E-state index contributed by atoms with van der Waals surface area (Å²) in [5.74, 6) is 0.867. The van der Waals surface area contributed by atoms with Gasteiger partial charge in [-0.05, 0) is 26.3 Å². The molecule has 0 bridgehead atoms. The third-order valence-electron chi connectivity index (χ3n) is 2.34. The van der Waals surface area contributed by atoms with E-state index < -0.39 is 0 Å². The fraction of sp³-hybridized carbons (Fsp3) is 0.286. The van der Waals surface area contributed by atoms with E-state index in [1.165, 1.54) is 12.7 Å². The minimum absolute atomic E-state index is 0.141. The van der Waals surface area contributed by atoms with Crippen LogP contribution in [-0.2, 0) is 19.0 Å². The van der Waals surface area contributed by atoms with E-state index in [1.807, 2.05) is 26.8 Å². The molecule has 0 aromatic carbocycles. The minimum Gasteiger partial charge on any atom is -0.497 e. The summed E-state index contributed by atoms with van der Waals surface area (Å²) in [5.41, 5.74) is 3.32. The summed E-state index contributed by atoms with van der Waals surface area (Å²) < 4.78 is 15.1. The standard InChI is InChI=1S/C17H22O4.C4H8/c1-13(2)7-8-14(3)16(5)17(11-15(4)19-6)21-10-9-20-12-18;1-4(2)3/h7-8,11-12H,1,3-5,9-10H2,2,6H3;1H2,2-3H3/b8-7-,17-11+;. The average Bonchev–Trinajstić information content (AvgIpc) is 2.53. The summed E-state index contributed by atoms with van der Waals surface area (Å²) in [6, 6.07) is 0. The van der Waals surface area contributed by atoms with Gasteiger partial charge in [-0.1, -0.05) is 49.6 Å². The first-order valence-electron chi connectivity index (χ1n) is 7.62. The van der Waals surface area contributed by atoms with Crippen LogP contribution in [0.3, 0.4) is 0 Å². The van der Waals surface area contributed by atoms with E-state index >= 15 is 0 Å². The first-order chi connectivity index (χ1) is 11.6. The first-order valence-corrected chi connectivity index (χ1v) is 7.62. The number of rotatable bonds is 11. The van der Waals surface area contributed by atoms with Gasteiger partial charge in [0.15, 0.2) is 0 Å². The topological polar surface area (TPSA) is 44.8 Å². The molecule has 0 aromatic heterocycles. The smallest absolute Gasteiger partial charge is 0.293 e. The fourth-order valence-corrected chi connectivity index (χ4v) is 1.17. The number of carbonyl (C=O) groups is 1. The first kappa shape index (κ1) is 24.5. The number of carbonyl (C=O) groups excluding carboxylic acids is 1. The van der Waals surface area contributed by atoms with Gasteiger partial charge in [0.25, 0.3) is 6.47 Å². The summed E-state index contributed by atoms with van der Waals surface area (Å²) in [7, 11) is 1.50. The SMILES string of the molecule is C=C(C)/C=C\C(=C)C(=C)/C(=C\C(=C)OC)OCCOC=O.C=C(C)C. The Morgan fingerprint density at radius 2 is 1.52 bits per heavy atom. The van der Waals surface area contributed by atoms with Gasteiger partial charge in [0.2, 0.25) is 0 Å². The molecule has 0 heterocycles. The molecule has 0 saturated heterocycles. The summed E-state index contributed by atoms with van der Waals surface area (Å²) >= 11 is 0. The molecule has 0 radical (unpaired) electrons. The lowest BCUT2D eigenvalue weighted by Gasteiger charge is -2.13. The highest BCUT2D eigenvalue weighted by Gasteiger charge is 2.08. The second-order valence-electron chi connectivity index (χ2n) is 5.39. The lowest BCUT2D eigenvalue weighted by Crippen LogP contribution is -2.05. The zero-order chi connectivity index (χ0) is 19.8. The number of hydrogen-bond donors (Lipinski definition) is 0. The predicted molar refractivity (Wildman–Crippen MR) is 105 cm³/mol. The summed E-state index contributed by atoms with van der Waals surface area (Å²) in [4.78, 5) is 10.1. The van der Waals surface area contributed by atoms with Gasteiger partial charge in [0.05, 0.1) is 7.11 Å². The highest BCUT2D eigenvalue weighted by atomic mass is 16.5. The Hall–Kier alpha value is -2.75. The summed E-state index contributed by atoms with van der Waals surface area (Å²) in [6.45, 7) is 25.4. The molecule has 25 heavy (non-hydrogen) atoms. The Balaban J connectivity index is 0. The Kier molecular flexibility index (Phi) is 14.5. The second-order valence-corrected chi connectivity index (χ2v) is 5.39.